The Morgan fingerprint density at radius 3 is 2.38 bits per heavy atom. The quantitative estimate of drug-likeness (QED) is 0.433. The number of rotatable bonds is 8. The van der Waals surface area contributed by atoms with E-state index in [2.05, 4.69) is 29.5 Å². The van der Waals surface area contributed by atoms with E-state index < -0.39 is 6.04 Å². The second-order valence-electron chi connectivity index (χ2n) is 7.48. The number of nitrogens with one attached hydrogen (secondary N) is 2. The molecule has 2 amide bonds. The highest BCUT2D eigenvalue weighted by molar-refractivity contribution is 5.90. The van der Waals surface area contributed by atoms with E-state index in [1.54, 1.807) is 18.3 Å². The number of nitrogens with zero attached hydrogens (tertiary/aromatic N) is 1. The Morgan fingerprint density at radius 1 is 1.00 bits per heavy atom. The van der Waals surface area contributed by atoms with Gasteiger partial charge in [-0.15, -0.1) is 0 Å². The fraction of sp³-hybridized carbons (Fsp3) is 0.320. The van der Waals surface area contributed by atoms with E-state index in [0.717, 1.165) is 21.9 Å². The molecule has 1 aromatic heterocycles. The molecule has 0 aliphatic heterocycles. The van der Waals surface area contributed by atoms with Crippen LogP contribution >= 0.6 is 0 Å². The summed E-state index contributed by atoms with van der Waals surface area (Å²) >= 11 is 0. The van der Waals surface area contributed by atoms with Crippen molar-refractivity contribution in [2.75, 3.05) is 12.3 Å². The monoisotopic (exact) mass is 435 g/mol. The maximum atomic E-state index is 12.8. The second-order valence-corrected chi connectivity index (χ2v) is 7.48. The first kappa shape index (κ1) is 24.8. The SMILES string of the molecule is CCCC.NCC(=O)NC(Cc1cccc2ccccc12)C(=O)NCc1ccc(N)nc1. The maximum Gasteiger partial charge on any atom is 0.243 e. The van der Waals surface area contributed by atoms with E-state index in [4.69, 9.17) is 11.5 Å². The Bertz CT molecular complexity index is 997. The molecule has 6 N–H and O–H groups in total. The van der Waals surface area contributed by atoms with Gasteiger partial charge in [0.25, 0.3) is 0 Å². The van der Waals surface area contributed by atoms with Crippen molar-refractivity contribution in [2.45, 2.75) is 45.7 Å². The number of unbranched alkanes of at least 4 members (excludes halogenated alkanes) is 1. The third-order valence-corrected chi connectivity index (χ3v) is 4.96. The first-order valence-corrected chi connectivity index (χ1v) is 10.9. The van der Waals surface area contributed by atoms with Crippen LogP contribution in [-0.2, 0) is 22.6 Å². The molecule has 0 saturated carbocycles. The molecule has 7 heteroatoms. The molecule has 0 aliphatic carbocycles. The van der Waals surface area contributed by atoms with E-state index in [1.807, 2.05) is 42.5 Å². The third-order valence-electron chi connectivity index (χ3n) is 4.96. The summed E-state index contributed by atoms with van der Waals surface area (Å²) < 4.78 is 0. The summed E-state index contributed by atoms with van der Waals surface area (Å²) in [6.45, 7) is 4.47. The van der Waals surface area contributed by atoms with Gasteiger partial charge in [-0.2, -0.15) is 0 Å². The molecule has 1 heterocycles. The predicted octanol–water partition coefficient (Wildman–Crippen LogP) is 2.93. The van der Waals surface area contributed by atoms with Crippen molar-refractivity contribution in [3.05, 3.63) is 71.9 Å². The first-order valence-electron chi connectivity index (χ1n) is 10.9. The summed E-state index contributed by atoms with van der Waals surface area (Å²) in [5.41, 5.74) is 12.8. The van der Waals surface area contributed by atoms with Crippen LogP contribution < -0.4 is 22.1 Å². The Balaban J connectivity index is 0.000000837. The van der Waals surface area contributed by atoms with Gasteiger partial charge in [0, 0.05) is 19.2 Å². The summed E-state index contributed by atoms with van der Waals surface area (Å²) in [4.78, 5) is 28.6. The van der Waals surface area contributed by atoms with Gasteiger partial charge in [-0.05, 0) is 28.0 Å². The zero-order valence-electron chi connectivity index (χ0n) is 18.8. The van der Waals surface area contributed by atoms with E-state index in [1.165, 1.54) is 12.8 Å². The van der Waals surface area contributed by atoms with Gasteiger partial charge in [-0.3, -0.25) is 9.59 Å². The predicted molar refractivity (Wildman–Crippen MR) is 130 cm³/mol. The van der Waals surface area contributed by atoms with E-state index in [0.29, 0.717) is 12.2 Å². The fourth-order valence-corrected chi connectivity index (χ4v) is 3.01. The average molecular weight is 436 g/mol. The van der Waals surface area contributed by atoms with Gasteiger partial charge in [0.05, 0.1) is 6.54 Å². The van der Waals surface area contributed by atoms with Gasteiger partial charge >= 0.3 is 0 Å². The lowest BCUT2D eigenvalue weighted by atomic mass is 9.98. The van der Waals surface area contributed by atoms with Crippen molar-refractivity contribution in [1.82, 2.24) is 15.6 Å². The Hall–Kier alpha value is -3.45. The summed E-state index contributed by atoms with van der Waals surface area (Å²) in [5, 5.41) is 7.68. The van der Waals surface area contributed by atoms with Gasteiger partial charge in [-0.25, -0.2) is 4.98 Å². The Labute approximate surface area is 189 Å². The molecular weight excluding hydrogens is 402 g/mol. The van der Waals surface area contributed by atoms with Crippen molar-refractivity contribution >= 4 is 28.4 Å². The minimum atomic E-state index is -0.733. The molecule has 0 aliphatic rings. The molecule has 0 fully saturated rings. The Kier molecular flexibility index (Phi) is 10.1. The number of benzene rings is 2. The number of hydrogen-bond acceptors (Lipinski definition) is 5. The molecule has 1 atom stereocenters. The van der Waals surface area contributed by atoms with Crippen molar-refractivity contribution in [3.63, 3.8) is 0 Å². The zero-order valence-corrected chi connectivity index (χ0v) is 18.8. The number of anilines is 1. The number of amides is 2. The molecular formula is C25H33N5O2. The number of aromatic nitrogens is 1. The van der Waals surface area contributed by atoms with Crippen molar-refractivity contribution in [1.29, 1.82) is 0 Å². The summed E-state index contributed by atoms with van der Waals surface area (Å²) in [6, 6.07) is 16.6. The van der Waals surface area contributed by atoms with Crippen molar-refractivity contribution < 1.29 is 9.59 Å². The van der Waals surface area contributed by atoms with Crippen LogP contribution in [0.2, 0.25) is 0 Å². The van der Waals surface area contributed by atoms with Crippen LogP contribution in [0.1, 0.15) is 37.8 Å². The van der Waals surface area contributed by atoms with E-state index in [9.17, 15) is 9.59 Å². The number of nitrogens with two attached hydrogens (primary N) is 2. The number of nitrogen functional groups attached to an aromatic ring is 1. The van der Waals surface area contributed by atoms with Crippen molar-refractivity contribution in [3.8, 4) is 0 Å². The fourth-order valence-electron chi connectivity index (χ4n) is 3.01. The lowest BCUT2D eigenvalue weighted by molar-refractivity contribution is -0.128. The molecule has 0 saturated heterocycles. The Morgan fingerprint density at radius 2 is 1.72 bits per heavy atom. The molecule has 3 rings (SSSR count). The van der Waals surface area contributed by atoms with Gasteiger partial charge in [-0.1, -0.05) is 75.2 Å². The largest absolute Gasteiger partial charge is 0.384 e. The maximum absolute atomic E-state index is 12.8. The molecule has 170 valence electrons. The highest BCUT2D eigenvalue weighted by atomic mass is 16.2. The average Bonchev–Trinajstić information content (AvgIpc) is 2.83. The second kappa shape index (κ2) is 13.1. The van der Waals surface area contributed by atoms with E-state index >= 15 is 0 Å². The number of hydrogen-bond donors (Lipinski definition) is 4. The number of carbonyl (C=O) groups excluding carboxylic acids is 2. The lowest BCUT2D eigenvalue weighted by Gasteiger charge is -2.19. The van der Waals surface area contributed by atoms with Crippen LogP contribution in [0, 0.1) is 0 Å². The van der Waals surface area contributed by atoms with Crippen LogP contribution in [0.3, 0.4) is 0 Å². The summed E-state index contributed by atoms with van der Waals surface area (Å²) in [5.74, 6) is -0.250. The van der Waals surface area contributed by atoms with Gasteiger partial charge in [0.15, 0.2) is 0 Å². The number of pyridine rings is 1. The molecule has 32 heavy (non-hydrogen) atoms. The number of fused-ring (bicyclic) bond motifs is 1. The normalized spacial score (nSPS) is 11.2. The highest BCUT2D eigenvalue weighted by Gasteiger charge is 2.21. The van der Waals surface area contributed by atoms with Gasteiger partial charge in [0.2, 0.25) is 11.8 Å². The smallest absolute Gasteiger partial charge is 0.243 e. The molecule has 0 spiro atoms. The van der Waals surface area contributed by atoms with Crippen LogP contribution in [0.5, 0.6) is 0 Å². The minimum absolute atomic E-state index is 0.179. The van der Waals surface area contributed by atoms with Crippen LogP contribution in [0.4, 0.5) is 5.82 Å². The number of carbonyl (C=O) groups is 2. The molecule has 2 aromatic carbocycles. The zero-order chi connectivity index (χ0) is 23.3. The minimum Gasteiger partial charge on any atom is -0.384 e. The standard InChI is InChI=1S/C21H23N5O2.C4H10/c22-11-20(27)26-18(21(28)25-13-14-8-9-19(23)24-12-14)10-16-6-3-5-15-4-1-2-7-17(15)16;1-3-4-2/h1-9,12,18H,10-11,13,22H2,(H2,23,24)(H,25,28)(H,26,27);3-4H2,1-2H3. The summed E-state index contributed by atoms with van der Waals surface area (Å²) in [6.07, 6.45) is 4.60. The molecule has 0 bridgehead atoms. The van der Waals surface area contributed by atoms with Gasteiger partial charge < -0.3 is 22.1 Å². The molecule has 3 aromatic rings. The summed E-state index contributed by atoms with van der Waals surface area (Å²) in [7, 11) is 0. The van der Waals surface area contributed by atoms with Crippen molar-refractivity contribution in [2.24, 2.45) is 5.73 Å². The topological polar surface area (TPSA) is 123 Å². The molecule has 1 unspecified atom stereocenters. The first-order chi connectivity index (χ1) is 15.5. The highest BCUT2D eigenvalue weighted by Crippen LogP contribution is 2.20. The lowest BCUT2D eigenvalue weighted by Crippen LogP contribution is -2.49. The van der Waals surface area contributed by atoms with Gasteiger partial charge in [0.1, 0.15) is 11.9 Å². The van der Waals surface area contributed by atoms with E-state index in [-0.39, 0.29) is 24.9 Å². The third kappa shape index (κ3) is 7.67. The van der Waals surface area contributed by atoms with Crippen LogP contribution in [0.15, 0.2) is 60.8 Å². The molecule has 0 radical (unpaired) electrons. The van der Waals surface area contributed by atoms with Crippen LogP contribution in [0.25, 0.3) is 10.8 Å². The van der Waals surface area contributed by atoms with Crippen LogP contribution in [-0.4, -0.2) is 29.4 Å². The molecule has 7 nitrogen and oxygen atoms in total.